The van der Waals surface area contributed by atoms with Gasteiger partial charge in [0.25, 0.3) is 0 Å². The summed E-state index contributed by atoms with van der Waals surface area (Å²) in [5, 5.41) is 0. The minimum absolute atomic E-state index is 0.201. The molecule has 4 fully saturated rings. The van der Waals surface area contributed by atoms with Crippen LogP contribution < -0.4 is 0 Å². The van der Waals surface area contributed by atoms with Gasteiger partial charge in [0, 0.05) is 39.3 Å². The molecule has 4 aliphatic rings. The molecule has 0 spiro atoms. The van der Waals surface area contributed by atoms with E-state index in [0.717, 1.165) is 88.8 Å². The number of carbonyl (C=O) groups is 2. The van der Waals surface area contributed by atoms with E-state index in [1.54, 1.807) is 4.90 Å². The second-order valence-electron chi connectivity index (χ2n) is 14.9. The molecule has 2 amide bonds. The zero-order valence-electron chi connectivity index (χ0n) is 29.5. The molecular formula is C40H58N4O4. The van der Waals surface area contributed by atoms with E-state index in [0.29, 0.717) is 18.4 Å². The number of carbonyl (C=O) groups excluding carboxylic acids is 2. The summed E-state index contributed by atoms with van der Waals surface area (Å²) in [5.74, 6) is 3.00. The first-order chi connectivity index (χ1) is 23.5. The first-order valence-corrected chi connectivity index (χ1v) is 18.8. The van der Waals surface area contributed by atoms with Crippen LogP contribution in [0, 0.1) is 23.7 Å². The Labute approximate surface area is 288 Å². The van der Waals surface area contributed by atoms with Crippen LogP contribution in [0.3, 0.4) is 0 Å². The highest BCUT2D eigenvalue weighted by Gasteiger charge is 2.33. The summed E-state index contributed by atoms with van der Waals surface area (Å²) in [6, 6.07) is 17.9. The van der Waals surface area contributed by atoms with Gasteiger partial charge >= 0.3 is 12.2 Å². The molecule has 0 N–H and O–H groups in total. The van der Waals surface area contributed by atoms with Crippen molar-refractivity contribution in [3.8, 4) is 0 Å². The summed E-state index contributed by atoms with van der Waals surface area (Å²) in [7, 11) is 1.45. The summed E-state index contributed by atoms with van der Waals surface area (Å²) in [4.78, 5) is 33.5. The molecule has 6 rings (SSSR count). The molecule has 4 saturated heterocycles. The van der Waals surface area contributed by atoms with Crippen LogP contribution in [0.5, 0.6) is 0 Å². The predicted molar refractivity (Wildman–Crippen MR) is 189 cm³/mol. The number of amides is 2. The molecule has 0 bridgehead atoms. The lowest BCUT2D eigenvalue weighted by Crippen LogP contribution is -2.44. The topological polar surface area (TPSA) is 65.6 Å². The molecule has 8 heteroatoms. The molecule has 2 aromatic rings. The number of piperidine rings is 4. The standard InChI is InChI=1S/C40H58N4O4/c1-3-31-4-6-32(7-5-31)28-41-20-12-35(13-21-41)36-14-22-42(23-15-36)29-33-8-10-34(11-9-33)30-48-40(46)44-26-18-38(19-27-44)37-16-24-43(25-17-37)39(45)47-2/h4-11,35-38H,3,12-30H2,1-2H3. The van der Waals surface area contributed by atoms with E-state index < -0.39 is 0 Å². The second-order valence-corrected chi connectivity index (χ2v) is 14.9. The molecule has 4 heterocycles. The van der Waals surface area contributed by atoms with Crippen molar-refractivity contribution in [3.63, 3.8) is 0 Å². The Hall–Kier alpha value is -3.10. The van der Waals surface area contributed by atoms with Crippen molar-refractivity contribution in [3.05, 3.63) is 70.8 Å². The SMILES string of the molecule is CCc1ccc(CN2CCC(C3CCN(Cc4ccc(COC(=O)N5CCC(C6CCN(C(=O)OC)CC6)CC5)cc4)CC3)CC2)cc1. The number of aryl methyl sites for hydroxylation is 1. The summed E-state index contributed by atoms with van der Waals surface area (Å²) in [6.07, 6.45) is 10.1. The van der Waals surface area contributed by atoms with Gasteiger partial charge in [-0.05, 0) is 130 Å². The van der Waals surface area contributed by atoms with E-state index in [2.05, 4.69) is 65.3 Å². The van der Waals surface area contributed by atoms with Crippen molar-refractivity contribution >= 4 is 12.2 Å². The van der Waals surface area contributed by atoms with Crippen LogP contribution >= 0.6 is 0 Å². The number of hydrogen-bond acceptors (Lipinski definition) is 6. The first-order valence-electron chi connectivity index (χ1n) is 18.8. The van der Waals surface area contributed by atoms with Gasteiger partial charge in [-0.3, -0.25) is 9.80 Å². The molecule has 0 radical (unpaired) electrons. The third kappa shape index (κ3) is 9.32. The van der Waals surface area contributed by atoms with Crippen LogP contribution in [0.15, 0.2) is 48.5 Å². The fraction of sp³-hybridized carbons (Fsp3) is 0.650. The molecule has 0 unspecified atom stereocenters. The van der Waals surface area contributed by atoms with Crippen molar-refractivity contribution in [2.45, 2.75) is 84.4 Å². The monoisotopic (exact) mass is 658 g/mol. The Bertz CT molecular complexity index is 1290. The molecule has 2 aromatic carbocycles. The lowest BCUT2D eigenvalue weighted by molar-refractivity contribution is 0.0614. The molecule has 8 nitrogen and oxygen atoms in total. The normalized spacial score (nSPS) is 21.4. The Kier molecular flexibility index (Phi) is 12.3. The maximum absolute atomic E-state index is 12.8. The van der Waals surface area contributed by atoms with Gasteiger partial charge < -0.3 is 19.3 Å². The van der Waals surface area contributed by atoms with Gasteiger partial charge in [-0.1, -0.05) is 55.5 Å². The van der Waals surface area contributed by atoms with Crippen LogP contribution in [0.2, 0.25) is 0 Å². The number of benzene rings is 2. The van der Waals surface area contributed by atoms with Crippen molar-refractivity contribution in [1.29, 1.82) is 0 Å². The van der Waals surface area contributed by atoms with E-state index in [9.17, 15) is 9.59 Å². The zero-order valence-corrected chi connectivity index (χ0v) is 29.5. The van der Waals surface area contributed by atoms with Crippen molar-refractivity contribution < 1.29 is 19.1 Å². The average molecular weight is 659 g/mol. The molecule has 0 aromatic heterocycles. The smallest absolute Gasteiger partial charge is 0.410 e. The quantitative estimate of drug-likeness (QED) is 0.284. The Morgan fingerprint density at radius 1 is 0.542 bits per heavy atom. The average Bonchev–Trinajstić information content (AvgIpc) is 3.15. The van der Waals surface area contributed by atoms with E-state index in [1.807, 2.05) is 4.90 Å². The van der Waals surface area contributed by atoms with Crippen molar-refractivity contribution in [2.75, 3.05) is 59.5 Å². The molecule has 0 atom stereocenters. The highest BCUT2D eigenvalue weighted by molar-refractivity contribution is 5.68. The van der Waals surface area contributed by atoms with E-state index in [-0.39, 0.29) is 12.2 Å². The number of hydrogen-bond donors (Lipinski definition) is 0. The maximum atomic E-state index is 12.8. The minimum atomic E-state index is -0.220. The lowest BCUT2D eigenvalue weighted by Gasteiger charge is -2.40. The van der Waals surface area contributed by atoms with Crippen LogP contribution in [0.1, 0.15) is 80.5 Å². The van der Waals surface area contributed by atoms with Gasteiger partial charge in [-0.15, -0.1) is 0 Å². The number of ether oxygens (including phenoxy) is 2. The molecule has 48 heavy (non-hydrogen) atoms. The fourth-order valence-corrected chi connectivity index (χ4v) is 8.77. The summed E-state index contributed by atoms with van der Waals surface area (Å²) in [5.41, 5.74) is 5.26. The first kappa shape index (κ1) is 34.8. The Morgan fingerprint density at radius 2 is 0.896 bits per heavy atom. The Morgan fingerprint density at radius 3 is 1.29 bits per heavy atom. The molecular weight excluding hydrogens is 600 g/mol. The lowest BCUT2D eigenvalue weighted by atomic mass is 9.78. The van der Waals surface area contributed by atoms with Gasteiger partial charge in [0.2, 0.25) is 0 Å². The van der Waals surface area contributed by atoms with Gasteiger partial charge in [0.1, 0.15) is 6.61 Å². The maximum Gasteiger partial charge on any atom is 0.410 e. The molecule has 262 valence electrons. The minimum Gasteiger partial charge on any atom is -0.453 e. The molecule has 4 aliphatic heterocycles. The number of nitrogens with zero attached hydrogens (tertiary/aromatic N) is 4. The van der Waals surface area contributed by atoms with Crippen LogP contribution in [-0.4, -0.2) is 91.3 Å². The van der Waals surface area contributed by atoms with Gasteiger partial charge in [0.15, 0.2) is 0 Å². The second kappa shape index (κ2) is 17.0. The predicted octanol–water partition coefficient (Wildman–Crippen LogP) is 7.20. The van der Waals surface area contributed by atoms with E-state index in [1.165, 1.54) is 75.7 Å². The van der Waals surface area contributed by atoms with E-state index >= 15 is 0 Å². The van der Waals surface area contributed by atoms with Crippen LogP contribution in [0.25, 0.3) is 0 Å². The van der Waals surface area contributed by atoms with Gasteiger partial charge in [0.05, 0.1) is 7.11 Å². The fourth-order valence-electron chi connectivity index (χ4n) is 8.77. The highest BCUT2D eigenvalue weighted by Crippen LogP contribution is 2.34. The van der Waals surface area contributed by atoms with Crippen molar-refractivity contribution in [1.82, 2.24) is 19.6 Å². The van der Waals surface area contributed by atoms with Crippen LogP contribution in [-0.2, 0) is 35.6 Å². The summed E-state index contributed by atoms with van der Waals surface area (Å²) in [6.45, 7) is 12.5. The molecule has 0 aliphatic carbocycles. The largest absolute Gasteiger partial charge is 0.453 e. The molecule has 0 saturated carbocycles. The third-order valence-electron chi connectivity index (χ3n) is 12.0. The van der Waals surface area contributed by atoms with Crippen molar-refractivity contribution in [2.24, 2.45) is 23.7 Å². The third-order valence-corrected chi connectivity index (χ3v) is 12.0. The van der Waals surface area contributed by atoms with Crippen LogP contribution in [0.4, 0.5) is 9.59 Å². The number of rotatable bonds is 9. The number of methoxy groups -OCH3 is 1. The van der Waals surface area contributed by atoms with E-state index in [4.69, 9.17) is 9.47 Å². The summed E-state index contributed by atoms with van der Waals surface area (Å²) < 4.78 is 10.6. The number of likely N-dealkylation sites (tertiary alicyclic amines) is 4. The van der Waals surface area contributed by atoms with Gasteiger partial charge in [-0.25, -0.2) is 9.59 Å². The Balaban J connectivity index is 0.844. The highest BCUT2D eigenvalue weighted by atomic mass is 16.6. The summed E-state index contributed by atoms with van der Waals surface area (Å²) >= 11 is 0. The van der Waals surface area contributed by atoms with Gasteiger partial charge in [-0.2, -0.15) is 0 Å². The zero-order chi connectivity index (χ0) is 33.3.